The first-order valence-electron chi connectivity index (χ1n) is 30.2. The van der Waals surface area contributed by atoms with E-state index >= 15 is 0 Å². The highest BCUT2D eigenvalue weighted by Crippen LogP contribution is 2.27. The van der Waals surface area contributed by atoms with Crippen LogP contribution in [-0.4, -0.2) is 142 Å². The average Bonchev–Trinajstić information content (AvgIpc) is 3.41. The molecule has 14 nitrogen and oxygen atoms in total. The Morgan fingerprint density at radius 1 is 0.453 bits per heavy atom. The van der Waals surface area contributed by atoms with Crippen LogP contribution < -0.4 is 0 Å². The molecule has 2 aliphatic heterocycles. The zero-order valence-corrected chi connectivity index (χ0v) is 47.0. The van der Waals surface area contributed by atoms with Gasteiger partial charge >= 0.3 is 5.97 Å². The first-order chi connectivity index (χ1) is 36.6. The summed E-state index contributed by atoms with van der Waals surface area (Å²) in [6, 6.07) is 0. The van der Waals surface area contributed by atoms with E-state index in [4.69, 9.17) is 28.4 Å². The van der Waals surface area contributed by atoms with Crippen LogP contribution in [-0.2, 0) is 33.2 Å². The molecule has 11 unspecified atom stereocenters. The molecule has 14 heteroatoms. The van der Waals surface area contributed by atoms with Gasteiger partial charge in [-0.25, -0.2) is 0 Å². The number of rotatable bonds is 49. The molecule has 2 fully saturated rings. The second-order valence-corrected chi connectivity index (χ2v) is 21.2. The van der Waals surface area contributed by atoms with E-state index in [0.717, 1.165) is 83.5 Å². The fraction of sp³-hybridized carbons (Fsp3) is 0.852. The zero-order chi connectivity index (χ0) is 54.4. The third-order valence-corrected chi connectivity index (χ3v) is 14.4. The van der Waals surface area contributed by atoms with Crippen molar-refractivity contribution in [3.05, 3.63) is 48.6 Å². The molecular formula is C61H110O14. The van der Waals surface area contributed by atoms with Crippen LogP contribution in [0.5, 0.6) is 0 Å². The van der Waals surface area contributed by atoms with Crippen molar-refractivity contribution in [1.29, 1.82) is 0 Å². The summed E-state index contributed by atoms with van der Waals surface area (Å²) in [4.78, 5) is 13.1. The summed E-state index contributed by atoms with van der Waals surface area (Å²) in [5.41, 5.74) is 0. The lowest BCUT2D eigenvalue weighted by atomic mass is 9.98. The number of hydrogen-bond acceptors (Lipinski definition) is 14. The minimum Gasteiger partial charge on any atom is -0.457 e. The average molecular weight is 1070 g/mol. The van der Waals surface area contributed by atoms with Gasteiger partial charge in [-0.2, -0.15) is 0 Å². The van der Waals surface area contributed by atoms with E-state index in [1.54, 1.807) is 0 Å². The number of unbranched alkanes of at least 4 members (excludes halogenated alkanes) is 27. The standard InChI is InChI=1S/C61H110O14/c1-3-5-7-9-11-13-15-17-19-21-23-24-25-26-27-28-30-32-34-36-38-40-42-44-53(63)73-50(47-70-45-43-41-39-37-35-33-31-29-22-20-18-16-14-12-10-8-6-4-2)48-71-60-59(69)57(67)55(65)52(75-60)49-72-61-58(68)56(66)54(64)51(46-62)74-61/h6,8,12,14,18,20,29,31,50-52,54-62,64-69H,3-5,7,9-11,13,15-17,19,21-28,30,32-49H2,1-2H3/b8-6-,14-12-,20-18-,31-29-. The highest BCUT2D eigenvalue weighted by Gasteiger charge is 2.47. The Bertz CT molecular complexity index is 1420. The van der Waals surface area contributed by atoms with Crippen LogP contribution in [0.4, 0.5) is 0 Å². The number of aliphatic hydroxyl groups excluding tert-OH is 7. The van der Waals surface area contributed by atoms with E-state index in [9.17, 15) is 40.5 Å². The lowest BCUT2D eigenvalue weighted by Crippen LogP contribution is -2.61. The summed E-state index contributed by atoms with van der Waals surface area (Å²) in [5.74, 6) is -0.379. The van der Waals surface area contributed by atoms with Gasteiger partial charge in [0.2, 0.25) is 0 Å². The van der Waals surface area contributed by atoms with E-state index in [0.29, 0.717) is 13.0 Å². The SMILES string of the molecule is CC/C=C\C/C=C\C/C=C\C/C=C\CCCCCCCOCC(COC1OC(COC2OC(CO)C(O)C(O)C2O)C(O)C(O)C1O)OC(=O)CCCCCCCCCCCCCCCCCCCCCCCCC. The van der Waals surface area contributed by atoms with E-state index in [2.05, 4.69) is 62.5 Å². The van der Waals surface area contributed by atoms with Crippen molar-refractivity contribution in [1.82, 2.24) is 0 Å². The van der Waals surface area contributed by atoms with Gasteiger partial charge in [-0.1, -0.05) is 223 Å². The van der Waals surface area contributed by atoms with Crippen molar-refractivity contribution in [2.24, 2.45) is 0 Å². The smallest absolute Gasteiger partial charge is 0.306 e. The van der Waals surface area contributed by atoms with Crippen molar-refractivity contribution in [2.75, 3.05) is 33.0 Å². The number of aliphatic hydroxyl groups is 7. The number of carbonyl (C=O) groups is 1. The van der Waals surface area contributed by atoms with Crippen molar-refractivity contribution in [3.8, 4) is 0 Å². The molecule has 0 aromatic rings. The number of carbonyl (C=O) groups excluding carboxylic acids is 1. The summed E-state index contributed by atoms with van der Waals surface area (Å²) in [5, 5.41) is 72.4. The number of allylic oxidation sites excluding steroid dienone is 8. The van der Waals surface area contributed by atoms with E-state index in [1.807, 2.05) is 0 Å². The predicted octanol–water partition coefficient (Wildman–Crippen LogP) is 11.1. The summed E-state index contributed by atoms with van der Waals surface area (Å²) in [7, 11) is 0. The van der Waals surface area contributed by atoms with Gasteiger partial charge in [-0.15, -0.1) is 0 Å². The first kappa shape index (κ1) is 69.1. The Labute approximate surface area is 454 Å². The van der Waals surface area contributed by atoms with E-state index in [-0.39, 0.29) is 25.6 Å². The molecule has 0 aliphatic carbocycles. The first-order valence-corrected chi connectivity index (χ1v) is 30.2. The molecule has 2 aliphatic rings. The normalized spacial score (nSPS) is 24.9. The quantitative estimate of drug-likeness (QED) is 0.0172. The molecule has 2 saturated heterocycles. The molecule has 75 heavy (non-hydrogen) atoms. The number of esters is 1. The Kier molecular flexibility index (Phi) is 44.1. The highest BCUT2D eigenvalue weighted by molar-refractivity contribution is 5.69. The maximum Gasteiger partial charge on any atom is 0.306 e. The third-order valence-electron chi connectivity index (χ3n) is 14.4. The molecule has 0 radical (unpaired) electrons. The minimum atomic E-state index is -1.71. The van der Waals surface area contributed by atoms with Crippen molar-refractivity contribution >= 4 is 5.97 Å². The van der Waals surface area contributed by atoms with Gasteiger partial charge in [0, 0.05) is 13.0 Å². The molecule has 2 heterocycles. The van der Waals surface area contributed by atoms with Crippen molar-refractivity contribution in [3.63, 3.8) is 0 Å². The zero-order valence-electron chi connectivity index (χ0n) is 47.0. The largest absolute Gasteiger partial charge is 0.457 e. The second kappa shape index (κ2) is 47.9. The van der Waals surface area contributed by atoms with Crippen LogP contribution in [0.3, 0.4) is 0 Å². The second-order valence-electron chi connectivity index (χ2n) is 21.2. The Morgan fingerprint density at radius 3 is 1.36 bits per heavy atom. The van der Waals surface area contributed by atoms with E-state index in [1.165, 1.54) is 122 Å². The summed E-state index contributed by atoms with van der Waals surface area (Å²) >= 11 is 0. The van der Waals surface area contributed by atoms with Gasteiger partial charge in [0.15, 0.2) is 12.6 Å². The van der Waals surface area contributed by atoms with E-state index < -0.39 is 80.7 Å². The Balaban J connectivity index is 1.70. The maximum absolute atomic E-state index is 13.1. The molecule has 0 saturated carbocycles. The van der Waals surface area contributed by atoms with Crippen LogP contribution in [0.1, 0.15) is 232 Å². The lowest BCUT2D eigenvalue weighted by Gasteiger charge is -2.42. The third kappa shape index (κ3) is 34.5. The van der Waals surface area contributed by atoms with Gasteiger partial charge in [-0.3, -0.25) is 4.79 Å². The van der Waals surface area contributed by atoms with Crippen LogP contribution in [0.15, 0.2) is 48.6 Å². The molecule has 0 aromatic carbocycles. The Hall–Kier alpha value is -2.05. The van der Waals surface area contributed by atoms with Crippen LogP contribution in [0, 0.1) is 0 Å². The molecular weight excluding hydrogens is 957 g/mol. The minimum absolute atomic E-state index is 0.0502. The number of hydrogen-bond donors (Lipinski definition) is 7. The topological polar surface area (TPSA) is 214 Å². The number of ether oxygens (including phenoxy) is 6. The molecule has 0 aromatic heterocycles. The van der Waals surface area contributed by atoms with Crippen LogP contribution in [0.2, 0.25) is 0 Å². The van der Waals surface area contributed by atoms with Crippen molar-refractivity contribution in [2.45, 2.75) is 300 Å². The van der Waals surface area contributed by atoms with Gasteiger partial charge in [0.05, 0.1) is 26.4 Å². The summed E-state index contributed by atoms with van der Waals surface area (Å²) in [6.45, 7) is 3.57. The van der Waals surface area contributed by atoms with Gasteiger partial charge in [-0.05, 0) is 51.4 Å². The maximum atomic E-state index is 13.1. The molecule has 0 amide bonds. The van der Waals surface area contributed by atoms with Crippen LogP contribution in [0.25, 0.3) is 0 Å². The monoisotopic (exact) mass is 1070 g/mol. The summed E-state index contributed by atoms with van der Waals surface area (Å²) < 4.78 is 34.4. The highest BCUT2D eigenvalue weighted by atomic mass is 16.7. The van der Waals surface area contributed by atoms with Gasteiger partial charge in [0.1, 0.15) is 54.9 Å². The fourth-order valence-electron chi connectivity index (χ4n) is 9.51. The predicted molar refractivity (Wildman–Crippen MR) is 298 cm³/mol. The Morgan fingerprint density at radius 2 is 0.867 bits per heavy atom. The molecule has 0 spiro atoms. The van der Waals surface area contributed by atoms with Gasteiger partial charge in [0.25, 0.3) is 0 Å². The molecule has 11 atom stereocenters. The molecule has 438 valence electrons. The van der Waals surface area contributed by atoms with Crippen molar-refractivity contribution < 1.29 is 69.0 Å². The van der Waals surface area contributed by atoms with Gasteiger partial charge < -0.3 is 64.2 Å². The molecule has 0 bridgehead atoms. The molecule has 2 rings (SSSR count). The lowest BCUT2D eigenvalue weighted by molar-refractivity contribution is -0.332. The molecule has 7 N–H and O–H groups in total. The van der Waals surface area contributed by atoms with Crippen LogP contribution >= 0.6 is 0 Å². The fourth-order valence-corrected chi connectivity index (χ4v) is 9.51. The summed E-state index contributed by atoms with van der Waals surface area (Å²) in [6.07, 6.45) is 41.8.